The normalized spacial score (nSPS) is 28.1. The first-order chi connectivity index (χ1) is 10.3. The van der Waals surface area contributed by atoms with Gasteiger partial charge < -0.3 is 5.32 Å². The summed E-state index contributed by atoms with van der Waals surface area (Å²) in [5.41, 5.74) is -0.862. The highest BCUT2D eigenvalue weighted by molar-refractivity contribution is 9.11. The van der Waals surface area contributed by atoms with Crippen molar-refractivity contribution in [2.75, 3.05) is 6.54 Å². The molecule has 2 fully saturated rings. The largest absolute Gasteiger partial charge is 0.323 e. The maximum absolute atomic E-state index is 12.2. The zero-order valence-corrected chi connectivity index (χ0v) is 14.6. The third kappa shape index (κ3) is 2.92. The topological polar surface area (TPSA) is 104 Å². The number of halogens is 1. The molecule has 1 saturated carbocycles. The van der Waals surface area contributed by atoms with Gasteiger partial charge >= 0.3 is 6.03 Å². The van der Waals surface area contributed by atoms with Gasteiger partial charge in [-0.3, -0.25) is 10.1 Å². The number of amides is 3. The minimum Gasteiger partial charge on any atom is -0.323 e. The van der Waals surface area contributed by atoms with Gasteiger partial charge in [-0.15, -0.1) is 11.3 Å². The Hall–Kier alpha value is -0.970. The summed E-state index contributed by atoms with van der Waals surface area (Å²) in [6.07, 6.45) is 1.66. The van der Waals surface area contributed by atoms with E-state index in [1.165, 1.54) is 6.07 Å². The van der Waals surface area contributed by atoms with Crippen LogP contribution in [0.3, 0.4) is 0 Å². The average molecular weight is 408 g/mol. The van der Waals surface area contributed by atoms with Crippen molar-refractivity contribution in [3.05, 3.63) is 15.9 Å². The number of rotatable bonds is 4. The van der Waals surface area contributed by atoms with Gasteiger partial charge in [0.25, 0.3) is 5.91 Å². The smallest absolute Gasteiger partial charge is 0.322 e. The summed E-state index contributed by atoms with van der Waals surface area (Å²) in [6.45, 7) is 0.253. The number of urea groups is 1. The van der Waals surface area contributed by atoms with E-state index in [1.54, 1.807) is 6.07 Å². The van der Waals surface area contributed by atoms with Gasteiger partial charge in [0.15, 0.2) is 0 Å². The molecule has 1 aromatic heterocycles. The first kappa shape index (κ1) is 15.9. The second kappa shape index (κ2) is 5.59. The van der Waals surface area contributed by atoms with Crippen molar-refractivity contribution in [1.29, 1.82) is 0 Å². The van der Waals surface area contributed by atoms with E-state index in [0.717, 1.165) is 15.1 Å². The predicted octanol–water partition coefficient (Wildman–Crippen LogP) is 1.17. The zero-order valence-electron chi connectivity index (χ0n) is 11.4. The van der Waals surface area contributed by atoms with Crippen molar-refractivity contribution < 1.29 is 18.0 Å². The fourth-order valence-corrected chi connectivity index (χ4v) is 6.08. The van der Waals surface area contributed by atoms with Crippen molar-refractivity contribution in [3.8, 4) is 0 Å². The van der Waals surface area contributed by atoms with Gasteiger partial charge in [-0.1, -0.05) is 0 Å². The number of sulfonamides is 1. The summed E-state index contributed by atoms with van der Waals surface area (Å²) in [6, 6.07) is 2.75. The van der Waals surface area contributed by atoms with Crippen LogP contribution in [0.15, 0.2) is 20.1 Å². The lowest BCUT2D eigenvalue weighted by atomic mass is 9.96. The summed E-state index contributed by atoms with van der Waals surface area (Å²) in [7, 11) is -3.54. The van der Waals surface area contributed by atoms with Gasteiger partial charge in [0.05, 0.1) is 3.79 Å². The standard InChI is InChI=1S/C12H14BrN3O4S2/c13-8-1-2-9(21-8)22(19,20)14-6-7-3-4-12(5-7)10(17)15-11(18)16-12/h1-2,7,14H,3-6H2,(H2,15,16,17,18). The van der Waals surface area contributed by atoms with Crippen LogP contribution in [0.1, 0.15) is 19.3 Å². The van der Waals surface area contributed by atoms with Gasteiger partial charge in [0.2, 0.25) is 10.0 Å². The lowest BCUT2D eigenvalue weighted by molar-refractivity contribution is -0.123. The number of thiophene rings is 1. The Labute approximate surface area is 140 Å². The van der Waals surface area contributed by atoms with Crippen LogP contribution in [0.2, 0.25) is 0 Å². The molecule has 7 nitrogen and oxygen atoms in total. The molecular weight excluding hydrogens is 394 g/mol. The minimum absolute atomic E-state index is 0.0160. The van der Waals surface area contributed by atoms with E-state index in [0.29, 0.717) is 19.3 Å². The van der Waals surface area contributed by atoms with Crippen molar-refractivity contribution in [1.82, 2.24) is 15.4 Å². The summed E-state index contributed by atoms with van der Waals surface area (Å²) < 4.78 is 27.9. The summed E-state index contributed by atoms with van der Waals surface area (Å²) in [5, 5.41) is 4.90. The first-order valence-corrected chi connectivity index (χ1v) is 9.79. The molecule has 3 N–H and O–H groups in total. The van der Waals surface area contributed by atoms with Crippen LogP contribution in [0.5, 0.6) is 0 Å². The third-order valence-corrected chi connectivity index (χ3v) is 7.55. The summed E-state index contributed by atoms with van der Waals surface area (Å²) in [5.74, 6) is -0.299. The van der Waals surface area contributed by atoms with Gasteiger partial charge in [0, 0.05) is 6.54 Å². The second-order valence-electron chi connectivity index (χ2n) is 5.51. The second-order valence-corrected chi connectivity index (χ2v) is 9.97. The Morgan fingerprint density at radius 2 is 2.18 bits per heavy atom. The Bertz CT molecular complexity index is 732. The molecule has 3 rings (SSSR count). The molecule has 2 heterocycles. The van der Waals surface area contributed by atoms with Crippen molar-refractivity contribution in [2.45, 2.75) is 29.0 Å². The predicted molar refractivity (Wildman–Crippen MR) is 84.0 cm³/mol. The Kier molecular flexibility index (Phi) is 4.04. The van der Waals surface area contributed by atoms with E-state index in [4.69, 9.17) is 0 Å². The van der Waals surface area contributed by atoms with E-state index in [2.05, 4.69) is 31.3 Å². The lowest BCUT2D eigenvalue weighted by Gasteiger charge is -2.19. The van der Waals surface area contributed by atoms with Crippen LogP contribution in [-0.4, -0.2) is 32.4 Å². The number of hydrogen-bond acceptors (Lipinski definition) is 5. The molecule has 10 heteroatoms. The molecule has 3 amide bonds. The minimum atomic E-state index is -3.54. The van der Waals surface area contributed by atoms with Crippen LogP contribution in [-0.2, 0) is 14.8 Å². The molecule has 1 saturated heterocycles. The summed E-state index contributed by atoms with van der Waals surface area (Å²) in [4.78, 5) is 23.1. The van der Waals surface area contributed by atoms with E-state index >= 15 is 0 Å². The van der Waals surface area contributed by atoms with Gasteiger partial charge in [0.1, 0.15) is 9.75 Å². The number of hydrogen-bond donors (Lipinski definition) is 3. The summed E-state index contributed by atoms with van der Waals surface area (Å²) >= 11 is 4.38. The molecule has 2 unspecified atom stereocenters. The average Bonchev–Trinajstić information content (AvgIpc) is 3.10. The molecule has 1 aliphatic heterocycles. The number of carbonyl (C=O) groups excluding carboxylic acids is 2. The molecule has 22 heavy (non-hydrogen) atoms. The van der Waals surface area contributed by atoms with Crippen LogP contribution in [0.25, 0.3) is 0 Å². The Morgan fingerprint density at radius 3 is 2.77 bits per heavy atom. The Morgan fingerprint density at radius 1 is 1.41 bits per heavy atom. The lowest BCUT2D eigenvalue weighted by Crippen LogP contribution is -2.44. The highest BCUT2D eigenvalue weighted by atomic mass is 79.9. The fraction of sp³-hybridized carbons (Fsp3) is 0.500. The van der Waals surface area contributed by atoms with Crippen molar-refractivity contribution in [2.24, 2.45) is 5.92 Å². The molecule has 120 valence electrons. The quantitative estimate of drug-likeness (QED) is 0.651. The van der Waals surface area contributed by atoms with Gasteiger partial charge in [-0.2, -0.15) is 0 Å². The van der Waals surface area contributed by atoms with E-state index in [1.807, 2.05) is 0 Å². The highest BCUT2D eigenvalue weighted by Gasteiger charge is 2.50. The van der Waals surface area contributed by atoms with E-state index < -0.39 is 21.6 Å². The Balaban J connectivity index is 1.62. The molecule has 0 bridgehead atoms. The number of imide groups is 1. The van der Waals surface area contributed by atoms with Crippen LogP contribution < -0.4 is 15.4 Å². The number of carbonyl (C=O) groups is 2. The van der Waals surface area contributed by atoms with Crippen molar-refractivity contribution >= 4 is 49.2 Å². The van der Waals surface area contributed by atoms with Crippen LogP contribution in [0.4, 0.5) is 4.79 Å². The SMILES string of the molecule is O=C1NC(=O)C2(CCC(CNS(=O)(=O)c3ccc(Br)s3)C2)N1. The fourth-order valence-electron chi connectivity index (χ4n) is 2.91. The highest BCUT2D eigenvalue weighted by Crippen LogP contribution is 2.36. The molecule has 1 aliphatic carbocycles. The number of nitrogens with one attached hydrogen (secondary N) is 3. The van der Waals surface area contributed by atoms with E-state index in [9.17, 15) is 18.0 Å². The molecular formula is C12H14BrN3O4S2. The third-order valence-electron chi connectivity index (χ3n) is 4.01. The monoisotopic (exact) mass is 407 g/mol. The molecule has 1 spiro atoms. The first-order valence-electron chi connectivity index (χ1n) is 6.69. The van der Waals surface area contributed by atoms with Crippen LogP contribution in [0, 0.1) is 5.92 Å². The molecule has 2 aliphatic rings. The molecule has 0 aromatic carbocycles. The van der Waals surface area contributed by atoms with Crippen LogP contribution >= 0.6 is 27.3 Å². The van der Waals surface area contributed by atoms with E-state index in [-0.39, 0.29) is 22.6 Å². The molecule has 1 aromatic rings. The van der Waals surface area contributed by atoms with Crippen molar-refractivity contribution in [3.63, 3.8) is 0 Å². The zero-order chi connectivity index (χ0) is 16.0. The van der Waals surface area contributed by atoms with Gasteiger partial charge in [-0.05, 0) is 53.2 Å². The molecule has 0 radical (unpaired) electrons. The van der Waals surface area contributed by atoms with Gasteiger partial charge in [-0.25, -0.2) is 17.9 Å². The molecule has 2 atom stereocenters. The maximum Gasteiger partial charge on any atom is 0.322 e. The maximum atomic E-state index is 12.2.